The molecule has 0 radical (unpaired) electrons. The number of nitrogens with zero attached hydrogens (tertiary/aromatic N) is 3. The fourth-order valence-electron chi connectivity index (χ4n) is 1.95. The third kappa shape index (κ3) is 3.15. The number of carboxylic acid groups (broad SMARTS) is 1. The Balaban J connectivity index is 2.54. The zero-order chi connectivity index (χ0) is 15.4. The molecule has 0 fully saturated rings. The maximum absolute atomic E-state index is 12.4. The molecule has 0 spiro atoms. The molecule has 0 bridgehead atoms. The molecule has 2 rings (SSSR count). The summed E-state index contributed by atoms with van der Waals surface area (Å²) >= 11 is 0. The first-order valence-electron chi connectivity index (χ1n) is 6.26. The largest absolute Gasteiger partial charge is 0.476 e. The van der Waals surface area contributed by atoms with Crippen LogP contribution in [0.1, 0.15) is 29.5 Å². The summed E-state index contributed by atoms with van der Waals surface area (Å²) in [5.74, 6) is -1.30. The molecule has 0 saturated heterocycles. The molecule has 1 heterocycles. The van der Waals surface area contributed by atoms with E-state index in [0.29, 0.717) is 18.5 Å². The number of ether oxygens (including phenoxy) is 1. The standard InChI is InChI=1S/C13H13F2N3O3/c1-2-5-9-11(12(19)20)16-17-18(9)8-6-3-4-7-10(8)21-13(14)15/h3-4,6-7,13H,2,5H2,1H3,(H,19,20). The van der Waals surface area contributed by atoms with Gasteiger partial charge in [0.15, 0.2) is 11.4 Å². The molecule has 0 saturated carbocycles. The van der Waals surface area contributed by atoms with E-state index < -0.39 is 12.6 Å². The highest BCUT2D eigenvalue weighted by atomic mass is 19.3. The van der Waals surface area contributed by atoms with Crippen LogP contribution in [0.5, 0.6) is 5.75 Å². The van der Waals surface area contributed by atoms with Gasteiger partial charge < -0.3 is 9.84 Å². The Morgan fingerprint density at radius 1 is 1.43 bits per heavy atom. The van der Waals surface area contributed by atoms with E-state index in [1.807, 2.05) is 6.92 Å². The third-order valence-corrected chi connectivity index (χ3v) is 2.76. The number of halogens is 2. The van der Waals surface area contributed by atoms with Crippen LogP contribution >= 0.6 is 0 Å². The molecule has 0 aliphatic heterocycles. The van der Waals surface area contributed by atoms with Gasteiger partial charge in [-0.1, -0.05) is 30.7 Å². The van der Waals surface area contributed by atoms with Crippen molar-refractivity contribution >= 4 is 5.97 Å². The van der Waals surface area contributed by atoms with E-state index in [0.717, 1.165) is 0 Å². The smallest absolute Gasteiger partial charge is 0.387 e. The summed E-state index contributed by atoms with van der Waals surface area (Å²) < 4.78 is 30.5. The van der Waals surface area contributed by atoms with E-state index in [1.165, 1.54) is 22.9 Å². The van der Waals surface area contributed by atoms with Crippen molar-refractivity contribution in [3.63, 3.8) is 0 Å². The highest BCUT2D eigenvalue weighted by Gasteiger charge is 2.21. The van der Waals surface area contributed by atoms with Crippen molar-refractivity contribution in [1.82, 2.24) is 15.0 Å². The summed E-state index contributed by atoms with van der Waals surface area (Å²) in [6.45, 7) is -1.12. The third-order valence-electron chi connectivity index (χ3n) is 2.76. The van der Waals surface area contributed by atoms with Crippen LogP contribution in [0.4, 0.5) is 8.78 Å². The first-order chi connectivity index (χ1) is 10.0. The number of hydrogen-bond acceptors (Lipinski definition) is 4. The molecule has 8 heteroatoms. The lowest BCUT2D eigenvalue weighted by Gasteiger charge is -2.12. The zero-order valence-corrected chi connectivity index (χ0v) is 11.2. The fraction of sp³-hybridized carbons (Fsp3) is 0.308. The van der Waals surface area contributed by atoms with Crippen LogP contribution in [0.2, 0.25) is 0 Å². The second-order valence-corrected chi connectivity index (χ2v) is 4.20. The zero-order valence-electron chi connectivity index (χ0n) is 11.2. The molecular formula is C13H13F2N3O3. The van der Waals surface area contributed by atoms with Crippen molar-refractivity contribution in [1.29, 1.82) is 0 Å². The van der Waals surface area contributed by atoms with Crippen molar-refractivity contribution in [2.75, 3.05) is 0 Å². The average Bonchev–Trinajstić information content (AvgIpc) is 2.83. The number of aromatic nitrogens is 3. The molecule has 112 valence electrons. The molecule has 0 atom stereocenters. The van der Waals surface area contributed by atoms with E-state index in [9.17, 15) is 13.6 Å². The van der Waals surface area contributed by atoms with Crippen LogP contribution in [0.3, 0.4) is 0 Å². The van der Waals surface area contributed by atoms with Crippen LogP contribution < -0.4 is 4.74 Å². The predicted octanol–water partition coefficient (Wildman–Crippen LogP) is 2.52. The van der Waals surface area contributed by atoms with Crippen LogP contribution in [0.25, 0.3) is 5.69 Å². The Labute approximate surface area is 119 Å². The fourth-order valence-corrected chi connectivity index (χ4v) is 1.95. The summed E-state index contributed by atoms with van der Waals surface area (Å²) in [5.41, 5.74) is 0.375. The maximum atomic E-state index is 12.4. The van der Waals surface area contributed by atoms with E-state index in [-0.39, 0.29) is 17.1 Å². The molecule has 0 unspecified atom stereocenters. The first-order valence-corrected chi connectivity index (χ1v) is 6.26. The molecule has 0 aliphatic carbocycles. The maximum Gasteiger partial charge on any atom is 0.387 e. The molecule has 2 aromatic rings. The van der Waals surface area contributed by atoms with E-state index in [1.54, 1.807) is 6.07 Å². The van der Waals surface area contributed by atoms with Gasteiger partial charge in [0, 0.05) is 0 Å². The number of aromatic carboxylic acids is 1. The van der Waals surface area contributed by atoms with Gasteiger partial charge in [-0.15, -0.1) is 5.10 Å². The lowest BCUT2D eigenvalue weighted by Crippen LogP contribution is -2.10. The highest BCUT2D eigenvalue weighted by Crippen LogP contribution is 2.26. The van der Waals surface area contributed by atoms with Gasteiger partial charge in [0.2, 0.25) is 0 Å². The van der Waals surface area contributed by atoms with Crippen molar-refractivity contribution in [3.8, 4) is 11.4 Å². The number of rotatable bonds is 6. The van der Waals surface area contributed by atoms with Crippen molar-refractivity contribution in [2.45, 2.75) is 26.4 Å². The number of carbonyl (C=O) groups is 1. The number of carboxylic acids is 1. The average molecular weight is 297 g/mol. The molecule has 0 amide bonds. The monoisotopic (exact) mass is 297 g/mol. The van der Waals surface area contributed by atoms with Gasteiger partial charge in [-0.2, -0.15) is 8.78 Å². The Bertz CT molecular complexity index is 643. The predicted molar refractivity (Wildman–Crippen MR) is 68.9 cm³/mol. The minimum atomic E-state index is -2.98. The topological polar surface area (TPSA) is 77.2 Å². The minimum absolute atomic E-state index is 0.0910. The molecule has 1 aromatic carbocycles. The minimum Gasteiger partial charge on any atom is -0.476 e. The quantitative estimate of drug-likeness (QED) is 0.886. The summed E-state index contributed by atoms with van der Waals surface area (Å²) in [4.78, 5) is 11.1. The van der Waals surface area contributed by atoms with E-state index in [4.69, 9.17) is 5.11 Å². The first kappa shape index (κ1) is 14.9. The molecule has 1 aromatic heterocycles. The number of hydrogen-bond donors (Lipinski definition) is 1. The normalized spacial score (nSPS) is 10.9. The Morgan fingerprint density at radius 3 is 2.76 bits per heavy atom. The number of para-hydroxylation sites is 2. The lowest BCUT2D eigenvalue weighted by atomic mass is 10.2. The van der Waals surface area contributed by atoms with Crippen LogP contribution in [0, 0.1) is 0 Å². The summed E-state index contributed by atoms with van der Waals surface area (Å²) in [6, 6.07) is 6.03. The van der Waals surface area contributed by atoms with Gasteiger partial charge in [-0.25, -0.2) is 9.48 Å². The van der Waals surface area contributed by atoms with Crippen molar-refractivity contribution in [2.24, 2.45) is 0 Å². The summed E-state index contributed by atoms with van der Waals surface area (Å²) in [7, 11) is 0. The Morgan fingerprint density at radius 2 is 2.14 bits per heavy atom. The van der Waals surface area contributed by atoms with E-state index >= 15 is 0 Å². The number of benzene rings is 1. The van der Waals surface area contributed by atoms with Gasteiger partial charge >= 0.3 is 12.6 Å². The van der Waals surface area contributed by atoms with Crippen molar-refractivity contribution < 1.29 is 23.4 Å². The lowest BCUT2D eigenvalue weighted by molar-refractivity contribution is -0.0499. The summed E-state index contributed by atoms with van der Waals surface area (Å²) in [5, 5.41) is 16.5. The Kier molecular flexibility index (Phi) is 4.46. The van der Waals surface area contributed by atoms with E-state index in [2.05, 4.69) is 15.0 Å². The Hall–Kier alpha value is -2.51. The number of alkyl halides is 2. The van der Waals surface area contributed by atoms with Crippen LogP contribution in [-0.4, -0.2) is 32.7 Å². The SMILES string of the molecule is CCCc1c(C(=O)O)nnn1-c1ccccc1OC(F)F. The second kappa shape index (κ2) is 6.29. The van der Waals surface area contributed by atoms with Gasteiger partial charge in [0.05, 0.1) is 5.69 Å². The molecule has 0 aliphatic rings. The highest BCUT2D eigenvalue weighted by molar-refractivity contribution is 5.86. The molecular weight excluding hydrogens is 284 g/mol. The van der Waals surface area contributed by atoms with Gasteiger partial charge in [0.25, 0.3) is 0 Å². The second-order valence-electron chi connectivity index (χ2n) is 4.20. The van der Waals surface area contributed by atoms with Crippen LogP contribution in [0.15, 0.2) is 24.3 Å². The van der Waals surface area contributed by atoms with Crippen molar-refractivity contribution in [3.05, 3.63) is 35.7 Å². The van der Waals surface area contributed by atoms with Gasteiger partial charge in [-0.3, -0.25) is 0 Å². The van der Waals surface area contributed by atoms with Gasteiger partial charge in [0.1, 0.15) is 5.69 Å². The molecule has 1 N–H and O–H groups in total. The van der Waals surface area contributed by atoms with Gasteiger partial charge in [-0.05, 0) is 18.6 Å². The molecule has 6 nitrogen and oxygen atoms in total. The molecule has 21 heavy (non-hydrogen) atoms. The summed E-state index contributed by atoms with van der Waals surface area (Å²) in [6.07, 6.45) is 1.06. The van der Waals surface area contributed by atoms with Crippen LogP contribution in [-0.2, 0) is 6.42 Å².